The second-order valence-corrected chi connectivity index (χ2v) is 8.24. The minimum atomic E-state index is -4.34. The van der Waals surface area contributed by atoms with E-state index in [1.54, 1.807) is 18.2 Å². The van der Waals surface area contributed by atoms with Crippen molar-refractivity contribution in [2.24, 2.45) is 0 Å². The van der Waals surface area contributed by atoms with Crippen LogP contribution in [-0.4, -0.2) is 48.0 Å². The third kappa shape index (κ3) is 5.21. The molecule has 0 bridgehead atoms. The van der Waals surface area contributed by atoms with Crippen molar-refractivity contribution in [3.8, 4) is 5.75 Å². The van der Waals surface area contributed by atoms with Gasteiger partial charge >= 0.3 is 6.18 Å². The minimum Gasteiger partial charge on any atom is -0.489 e. The summed E-state index contributed by atoms with van der Waals surface area (Å²) >= 11 is 0. The number of hydrogen-bond acceptors (Lipinski definition) is 3. The minimum absolute atomic E-state index is 0.00861. The Morgan fingerprint density at radius 2 is 1.58 bits per heavy atom. The first-order valence-electron chi connectivity index (χ1n) is 10.8. The molecule has 2 aliphatic heterocycles. The van der Waals surface area contributed by atoms with Crippen molar-refractivity contribution >= 4 is 5.91 Å². The Kier molecular flexibility index (Phi) is 6.51. The van der Waals surface area contributed by atoms with Crippen molar-refractivity contribution in [2.45, 2.75) is 44.5 Å². The third-order valence-corrected chi connectivity index (χ3v) is 6.06. The summed E-state index contributed by atoms with van der Waals surface area (Å²) in [5.41, 5.74) is 0.324. The average molecular weight is 432 g/mol. The molecule has 7 heteroatoms. The van der Waals surface area contributed by atoms with Crippen LogP contribution in [0, 0.1) is 0 Å². The maximum absolute atomic E-state index is 13.3. The molecule has 2 aromatic rings. The number of amides is 1. The SMILES string of the molecule is O=C(c1ccccc1OC1CCN(Cc2ccccc2C(F)(F)F)CC1)N1CCCC1. The van der Waals surface area contributed by atoms with Gasteiger partial charge in [-0.25, -0.2) is 0 Å². The van der Waals surface area contributed by atoms with Gasteiger partial charge in [0.2, 0.25) is 0 Å². The van der Waals surface area contributed by atoms with E-state index in [4.69, 9.17) is 4.74 Å². The van der Waals surface area contributed by atoms with E-state index in [2.05, 4.69) is 0 Å². The van der Waals surface area contributed by atoms with Crippen LogP contribution < -0.4 is 4.74 Å². The fourth-order valence-corrected chi connectivity index (χ4v) is 4.38. The average Bonchev–Trinajstić information content (AvgIpc) is 3.30. The molecular weight excluding hydrogens is 405 g/mol. The lowest BCUT2D eigenvalue weighted by Gasteiger charge is -2.33. The quantitative estimate of drug-likeness (QED) is 0.668. The first kappa shape index (κ1) is 21.7. The highest BCUT2D eigenvalue weighted by molar-refractivity contribution is 5.97. The lowest BCUT2D eigenvalue weighted by molar-refractivity contribution is -0.138. The molecule has 4 rings (SSSR count). The van der Waals surface area contributed by atoms with Crippen LogP contribution in [0.4, 0.5) is 13.2 Å². The van der Waals surface area contributed by atoms with E-state index in [-0.39, 0.29) is 18.6 Å². The molecule has 0 aliphatic carbocycles. The Labute approximate surface area is 180 Å². The van der Waals surface area contributed by atoms with Crippen LogP contribution in [0.1, 0.15) is 47.2 Å². The maximum Gasteiger partial charge on any atom is 0.416 e. The molecule has 0 N–H and O–H groups in total. The Bertz CT molecular complexity index is 902. The lowest BCUT2D eigenvalue weighted by atomic mass is 10.0. The Morgan fingerprint density at radius 1 is 0.935 bits per heavy atom. The fourth-order valence-electron chi connectivity index (χ4n) is 4.38. The summed E-state index contributed by atoms with van der Waals surface area (Å²) in [4.78, 5) is 16.7. The van der Waals surface area contributed by atoms with E-state index in [1.165, 1.54) is 6.07 Å². The number of rotatable bonds is 5. The van der Waals surface area contributed by atoms with Crippen molar-refractivity contribution in [1.29, 1.82) is 0 Å². The standard InChI is InChI=1S/C24H27F3N2O2/c25-24(26,27)21-9-3-1-7-18(21)17-28-15-11-19(12-16-28)31-22-10-4-2-8-20(22)23(30)29-13-5-6-14-29/h1-4,7-10,19H,5-6,11-17H2. The topological polar surface area (TPSA) is 32.8 Å². The summed E-state index contributed by atoms with van der Waals surface area (Å²) in [5, 5.41) is 0. The number of likely N-dealkylation sites (tertiary alicyclic amines) is 2. The normalized spacial score (nSPS) is 18.4. The molecule has 2 aromatic carbocycles. The van der Waals surface area contributed by atoms with Crippen LogP contribution in [-0.2, 0) is 12.7 Å². The van der Waals surface area contributed by atoms with Crippen molar-refractivity contribution in [3.05, 3.63) is 65.2 Å². The number of nitrogens with zero attached hydrogens (tertiary/aromatic N) is 2. The zero-order valence-electron chi connectivity index (χ0n) is 17.4. The summed E-state index contributed by atoms with van der Waals surface area (Å²) in [6, 6.07) is 13.1. The van der Waals surface area contributed by atoms with Gasteiger partial charge in [-0.3, -0.25) is 9.69 Å². The van der Waals surface area contributed by atoms with E-state index in [0.717, 1.165) is 32.0 Å². The van der Waals surface area contributed by atoms with Gasteiger partial charge in [-0.2, -0.15) is 13.2 Å². The largest absolute Gasteiger partial charge is 0.489 e. The predicted molar refractivity (Wildman–Crippen MR) is 112 cm³/mol. The lowest BCUT2D eigenvalue weighted by Crippen LogP contribution is -2.38. The second-order valence-electron chi connectivity index (χ2n) is 8.24. The van der Waals surface area contributed by atoms with E-state index in [9.17, 15) is 18.0 Å². The molecular formula is C24H27F3N2O2. The molecule has 0 aromatic heterocycles. The number of hydrogen-bond donors (Lipinski definition) is 0. The van der Waals surface area contributed by atoms with Crippen molar-refractivity contribution in [1.82, 2.24) is 9.80 Å². The van der Waals surface area contributed by atoms with Gasteiger partial charge in [-0.1, -0.05) is 30.3 Å². The van der Waals surface area contributed by atoms with Crippen LogP contribution in [0.5, 0.6) is 5.75 Å². The highest BCUT2D eigenvalue weighted by atomic mass is 19.4. The second kappa shape index (κ2) is 9.30. The van der Waals surface area contributed by atoms with Gasteiger partial charge in [-0.05, 0) is 49.4 Å². The smallest absolute Gasteiger partial charge is 0.416 e. The molecule has 1 amide bonds. The summed E-state index contributed by atoms with van der Waals surface area (Å²) in [7, 11) is 0. The summed E-state index contributed by atoms with van der Waals surface area (Å²) < 4.78 is 45.9. The van der Waals surface area contributed by atoms with Gasteiger partial charge in [0, 0.05) is 32.7 Å². The van der Waals surface area contributed by atoms with Gasteiger partial charge in [0.05, 0.1) is 11.1 Å². The molecule has 0 spiro atoms. The van der Waals surface area contributed by atoms with Crippen molar-refractivity contribution in [2.75, 3.05) is 26.2 Å². The number of halogens is 3. The van der Waals surface area contributed by atoms with Gasteiger partial charge in [-0.15, -0.1) is 0 Å². The maximum atomic E-state index is 13.3. The molecule has 2 fully saturated rings. The molecule has 2 saturated heterocycles. The Hall–Kier alpha value is -2.54. The number of para-hydroxylation sites is 1. The number of piperidine rings is 1. The van der Waals surface area contributed by atoms with Crippen LogP contribution in [0.15, 0.2) is 48.5 Å². The molecule has 0 atom stereocenters. The Balaban J connectivity index is 1.36. The first-order chi connectivity index (χ1) is 14.9. The Morgan fingerprint density at radius 3 is 2.29 bits per heavy atom. The summed E-state index contributed by atoms with van der Waals surface area (Å²) in [6.45, 7) is 3.14. The zero-order valence-corrected chi connectivity index (χ0v) is 17.4. The molecule has 0 radical (unpaired) electrons. The zero-order chi connectivity index (χ0) is 21.8. The molecule has 31 heavy (non-hydrogen) atoms. The highest BCUT2D eigenvalue weighted by Crippen LogP contribution is 2.33. The third-order valence-electron chi connectivity index (χ3n) is 6.06. The van der Waals surface area contributed by atoms with Gasteiger partial charge in [0.25, 0.3) is 5.91 Å². The molecule has 2 heterocycles. The number of alkyl halides is 3. The van der Waals surface area contributed by atoms with Gasteiger partial charge < -0.3 is 9.64 Å². The monoisotopic (exact) mass is 432 g/mol. The fraction of sp³-hybridized carbons (Fsp3) is 0.458. The number of ether oxygens (including phenoxy) is 1. The van der Waals surface area contributed by atoms with Crippen LogP contribution >= 0.6 is 0 Å². The van der Waals surface area contributed by atoms with Crippen molar-refractivity contribution < 1.29 is 22.7 Å². The molecule has 2 aliphatic rings. The summed E-state index contributed by atoms with van der Waals surface area (Å²) in [5.74, 6) is 0.606. The van der Waals surface area contributed by atoms with Gasteiger partial charge in [0.1, 0.15) is 11.9 Å². The van der Waals surface area contributed by atoms with Crippen LogP contribution in [0.25, 0.3) is 0 Å². The molecule has 0 saturated carbocycles. The number of benzene rings is 2. The highest BCUT2D eigenvalue weighted by Gasteiger charge is 2.33. The number of carbonyl (C=O) groups is 1. The first-order valence-corrected chi connectivity index (χ1v) is 10.8. The molecule has 4 nitrogen and oxygen atoms in total. The number of carbonyl (C=O) groups excluding carboxylic acids is 1. The summed E-state index contributed by atoms with van der Waals surface area (Å²) in [6.07, 6.45) is -0.915. The van der Waals surface area contributed by atoms with E-state index in [1.807, 2.05) is 28.0 Å². The molecule has 166 valence electrons. The van der Waals surface area contributed by atoms with Crippen molar-refractivity contribution in [3.63, 3.8) is 0 Å². The molecule has 0 unspecified atom stereocenters. The van der Waals surface area contributed by atoms with E-state index < -0.39 is 11.7 Å². The predicted octanol–water partition coefficient (Wildman–Crippen LogP) is 4.98. The van der Waals surface area contributed by atoms with Gasteiger partial charge in [0.15, 0.2) is 0 Å². The van der Waals surface area contributed by atoms with E-state index in [0.29, 0.717) is 42.8 Å². The van der Waals surface area contributed by atoms with E-state index >= 15 is 0 Å². The van der Waals surface area contributed by atoms with Crippen LogP contribution in [0.3, 0.4) is 0 Å². The van der Waals surface area contributed by atoms with Crippen LogP contribution in [0.2, 0.25) is 0 Å².